The van der Waals surface area contributed by atoms with Crippen molar-refractivity contribution >= 4 is 5.69 Å². The second-order valence-electron chi connectivity index (χ2n) is 4.50. The van der Waals surface area contributed by atoms with Crippen LogP contribution in [-0.4, -0.2) is 17.4 Å². The quantitative estimate of drug-likeness (QED) is 0.652. The van der Waals surface area contributed by atoms with Crippen molar-refractivity contribution < 1.29 is 13.7 Å². The number of nitrogens with zero attached hydrogens (tertiary/aromatic N) is 1. The number of rotatable bonds is 3. The second-order valence-corrected chi connectivity index (χ2v) is 4.50. The van der Waals surface area contributed by atoms with Crippen LogP contribution < -0.4 is 5.73 Å². The zero-order valence-corrected chi connectivity index (χ0v) is 9.03. The molecule has 0 saturated heterocycles. The molecule has 0 aromatic heterocycles. The third kappa shape index (κ3) is 2.00. The van der Waals surface area contributed by atoms with Crippen LogP contribution in [0.1, 0.15) is 18.4 Å². The van der Waals surface area contributed by atoms with Crippen molar-refractivity contribution in [2.75, 3.05) is 6.54 Å². The van der Waals surface area contributed by atoms with Crippen LogP contribution in [0, 0.1) is 10.1 Å². The number of alkyl halides is 2. The number of hydrogen-bond donors (Lipinski definition) is 1. The second kappa shape index (κ2) is 3.73. The van der Waals surface area contributed by atoms with Crippen molar-refractivity contribution in [2.24, 2.45) is 5.73 Å². The first-order chi connectivity index (χ1) is 7.88. The van der Waals surface area contributed by atoms with Crippen molar-refractivity contribution in [3.05, 3.63) is 39.9 Å². The molecule has 0 heterocycles. The molecule has 1 aliphatic carbocycles. The Bertz CT molecular complexity index is 455. The number of benzene rings is 1. The van der Waals surface area contributed by atoms with Gasteiger partial charge in [0.1, 0.15) is 0 Å². The molecule has 0 radical (unpaired) electrons. The van der Waals surface area contributed by atoms with Crippen molar-refractivity contribution in [1.82, 2.24) is 0 Å². The first kappa shape index (κ1) is 11.9. The summed E-state index contributed by atoms with van der Waals surface area (Å²) < 4.78 is 26.0. The molecular weight excluding hydrogens is 230 g/mol. The van der Waals surface area contributed by atoms with Crippen LogP contribution in [0.2, 0.25) is 0 Å². The predicted molar refractivity (Wildman–Crippen MR) is 58.0 cm³/mol. The zero-order valence-electron chi connectivity index (χ0n) is 9.03. The highest BCUT2D eigenvalue weighted by atomic mass is 19.3. The molecule has 0 unspecified atom stereocenters. The predicted octanol–water partition coefficient (Wildman–Crippen LogP) is 2.22. The van der Waals surface area contributed by atoms with E-state index in [2.05, 4.69) is 0 Å². The van der Waals surface area contributed by atoms with Gasteiger partial charge in [0.2, 0.25) is 5.92 Å². The van der Waals surface area contributed by atoms with E-state index in [0.717, 1.165) is 0 Å². The molecule has 0 atom stereocenters. The first-order valence-corrected chi connectivity index (χ1v) is 5.21. The molecule has 0 bridgehead atoms. The van der Waals surface area contributed by atoms with E-state index < -0.39 is 16.3 Å². The van der Waals surface area contributed by atoms with Crippen molar-refractivity contribution in [3.63, 3.8) is 0 Å². The van der Waals surface area contributed by atoms with Crippen LogP contribution in [0.25, 0.3) is 0 Å². The first-order valence-electron chi connectivity index (χ1n) is 5.21. The molecule has 1 aromatic carbocycles. The summed E-state index contributed by atoms with van der Waals surface area (Å²) in [7, 11) is 0. The van der Waals surface area contributed by atoms with E-state index in [4.69, 9.17) is 5.73 Å². The van der Waals surface area contributed by atoms with Gasteiger partial charge in [0.05, 0.1) is 4.92 Å². The van der Waals surface area contributed by atoms with Crippen LogP contribution in [0.5, 0.6) is 0 Å². The van der Waals surface area contributed by atoms with Gasteiger partial charge >= 0.3 is 0 Å². The van der Waals surface area contributed by atoms with Gasteiger partial charge in [-0.15, -0.1) is 0 Å². The van der Waals surface area contributed by atoms with E-state index in [1.165, 1.54) is 18.2 Å². The normalized spacial score (nSPS) is 20.6. The highest BCUT2D eigenvalue weighted by molar-refractivity contribution is 5.40. The Kier molecular flexibility index (Phi) is 2.61. The fourth-order valence-corrected chi connectivity index (χ4v) is 2.35. The van der Waals surface area contributed by atoms with Crippen molar-refractivity contribution in [2.45, 2.75) is 24.2 Å². The standard InChI is InChI=1S/C11H12F2N2O2/c12-11(13)5-10(6-11,7-14)8-2-1-3-9(4-8)15(16)17/h1-4H,5-7,14H2. The molecule has 1 saturated carbocycles. The van der Waals surface area contributed by atoms with Crippen LogP contribution >= 0.6 is 0 Å². The Morgan fingerprint density at radius 3 is 2.53 bits per heavy atom. The van der Waals surface area contributed by atoms with Crippen LogP contribution in [0.3, 0.4) is 0 Å². The van der Waals surface area contributed by atoms with Gasteiger partial charge < -0.3 is 5.73 Å². The Labute approximate surface area is 96.6 Å². The molecule has 1 aliphatic rings. The van der Waals surface area contributed by atoms with Crippen LogP contribution in [-0.2, 0) is 5.41 Å². The molecule has 4 nitrogen and oxygen atoms in total. The number of halogens is 2. The molecular formula is C11H12F2N2O2. The van der Waals surface area contributed by atoms with E-state index in [9.17, 15) is 18.9 Å². The van der Waals surface area contributed by atoms with E-state index in [1.807, 2.05) is 0 Å². The highest BCUT2D eigenvalue weighted by Crippen LogP contribution is 2.53. The Morgan fingerprint density at radius 1 is 1.41 bits per heavy atom. The fourth-order valence-electron chi connectivity index (χ4n) is 2.35. The lowest BCUT2D eigenvalue weighted by atomic mass is 9.62. The lowest BCUT2D eigenvalue weighted by Gasteiger charge is -2.47. The molecule has 2 rings (SSSR count). The average molecular weight is 242 g/mol. The van der Waals surface area contributed by atoms with Crippen LogP contribution in [0.15, 0.2) is 24.3 Å². The SMILES string of the molecule is NCC1(c2cccc([N+](=O)[O-])c2)CC(F)(F)C1. The Hall–Kier alpha value is -1.56. The molecule has 92 valence electrons. The topological polar surface area (TPSA) is 69.2 Å². The summed E-state index contributed by atoms with van der Waals surface area (Å²) in [6.45, 7) is 0.0732. The van der Waals surface area contributed by atoms with Gasteiger partial charge in [0.25, 0.3) is 5.69 Å². The van der Waals surface area contributed by atoms with Crippen molar-refractivity contribution in [3.8, 4) is 0 Å². The van der Waals surface area contributed by atoms with Crippen molar-refractivity contribution in [1.29, 1.82) is 0 Å². The summed E-state index contributed by atoms with van der Waals surface area (Å²) in [5, 5.41) is 10.6. The number of non-ortho nitro benzene ring substituents is 1. The van der Waals surface area contributed by atoms with Gasteiger partial charge in [0.15, 0.2) is 0 Å². The van der Waals surface area contributed by atoms with E-state index >= 15 is 0 Å². The smallest absolute Gasteiger partial charge is 0.269 e. The van der Waals surface area contributed by atoms with E-state index in [1.54, 1.807) is 6.07 Å². The molecule has 1 fully saturated rings. The van der Waals surface area contributed by atoms with E-state index in [-0.39, 0.29) is 25.1 Å². The number of nitro benzene ring substituents is 1. The number of hydrogen-bond acceptors (Lipinski definition) is 3. The third-order valence-electron chi connectivity index (χ3n) is 3.25. The minimum absolute atomic E-state index is 0.0732. The van der Waals surface area contributed by atoms with Gasteiger partial charge in [0, 0.05) is 36.9 Å². The molecule has 0 aliphatic heterocycles. The monoisotopic (exact) mass is 242 g/mol. The highest BCUT2D eigenvalue weighted by Gasteiger charge is 2.56. The maximum absolute atomic E-state index is 13.0. The summed E-state index contributed by atoms with van der Waals surface area (Å²) in [4.78, 5) is 10.1. The summed E-state index contributed by atoms with van der Waals surface area (Å²) in [6.07, 6.45) is -0.671. The maximum atomic E-state index is 13.0. The average Bonchev–Trinajstić information content (AvgIpc) is 2.25. The van der Waals surface area contributed by atoms with Gasteiger partial charge in [-0.25, -0.2) is 8.78 Å². The van der Waals surface area contributed by atoms with Gasteiger partial charge in [-0.2, -0.15) is 0 Å². The molecule has 6 heteroatoms. The summed E-state index contributed by atoms with van der Waals surface area (Å²) in [5.74, 6) is -2.70. The largest absolute Gasteiger partial charge is 0.330 e. The summed E-state index contributed by atoms with van der Waals surface area (Å²) in [6, 6.07) is 5.79. The summed E-state index contributed by atoms with van der Waals surface area (Å²) in [5.41, 5.74) is 5.17. The minimum atomic E-state index is -2.70. The lowest BCUT2D eigenvalue weighted by molar-refractivity contribution is -0.385. The Balaban J connectivity index is 2.33. The van der Waals surface area contributed by atoms with Gasteiger partial charge in [-0.3, -0.25) is 10.1 Å². The third-order valence-corrected chi connectivity index (χ3v) is 3.25. The molecule has 17 heavy (non-hydrogen) atoms. The molecule has 2 N–H and O–H groups in total. The van der Waals surface area contributed by atoms with Gasteiger partial charge in [-0.1, -0.05) is 12.1 Å². The zero-order chi connectivity index (χ0) is 12.7. The number of nitro groups is 1. The molecule has 0 amide bonds. The Morgan fingerprint density at radius 2 is 2.06 bits per heavy atom. The number of nitrogens with two attached hydrogens (primary N) is 1. The van der Waals surface area contributed by atoms with E-state index in [0.29, 0.717) is 5.56 Å². The molecule has 1 aromatic rings. The lowest BCUT2D eigenvalue weighted by Crippen LogP contribution is -2.53. The van der Waals surface area contributed by atoms with Crippen LogP contribution in [0.4, 0.5) is 14.5 Å². The maximum Gasteiger partial charge on any atom is 0.269 e. The molecule has 0 spiro atoms. The summed E-state index contributed by atoms with van der Waals surface area (Å²) >= 11 is 0. The minimum Gasteiger partial charge on any atom is -0.330 e. The fraction of sp³-hybridized carbons (Fsp3) is 0.455. The van der Waals surface area contributed by atoms with Gasteiger partial charge in [-0.05, 0) is 5.56 Å².